The van der Waals surface area contributed by atoms with Gasteiger partial charge in [-0.25, -0.2) is 4.79 Å². The first-order valence-electron chi connectivity index (χ1n) is 8.83. The average Bonchev–Trinajstić information content (AvgIpc) is 3.42. The van der Waals surface area contributed by atoms with Crippen molar-refractivity contribution in [2.75, 3.05) is 18.1 Å². The van der Waals surface area contributed by atoms with Crippen LogP contribution in [0.5, 0.6) is 0 Å². The van der Waals surface area contributed by atoms with Crippen LogP contribution in [0.3, 0.4) is 0 Å². The van der Waals surface area contributed by atoms with E-state index in [2.05, 4.69) is 11.4 Å². The molecule has 2 amide bonds. The van der Waals surface area contributed by atoms with Gasteiger partial charge in [-0.3, -0.25) is 9.59 Å². The molecule has 2 fully saturated rings. The van der Waals surface area contributed by atoms with Crippen LogP contribution in [0.2, 0.25) is 5.02 Å². The summed E-state index contributed by atoms with van der Waals surface area (Å²) in [6.45, 7) is 1.67. The Kier molecular flexibility index (Phi) is 5.38. The summed E-state index contributed by atoms with van der Waals surface area (Å²) in [7, 11) is 0. The lowest BCUT2D eigenvalue weighted by atomic mass is 9.98. The van der Waals surface area contributed by atoms with Gasteiger partial charge in [0, 0.05) is 18.0 Å². The lowest BCUT2D eigenvalue weighted by molar-refractivity contribution is -0.125. The maximum absolute atomic E-state index is 12.5. The lowest BCUT2D eigenvalue weighted by Crippen LogP contribution is -2.48. The molecule has 27 heavy (non-hydrogen) atoms. The van der Waals surface area contributed by atoms with E-state index in [-0.39, 0.29) is 17.4 Å². The predicted octanol–water partition coefficient (Wildman–Crippen LogP) is 2.43. The van der Waals surface area contributed by atoms with Crippen LogP contribution in [0.25, 0.3) is 0 Å². The van der Waals surface area contributed by atoms with Crippen molar-refractivity contribution < 1.29 is 19.1 Å². The molecule has 1 aromatic rings. The van der Waals surface area contributed by atoms with Crippen LogP contribution in [0.4, 0.5) is 5.69 Å². The zero-order valence-corrected chi connectivity index (χ0v) is 15.7. The monoisotopic (exact) mass is 389 g/mol. The first-order chi connectivity index (χ1) is 12.8. The van der Waals surface area contributed by atoms with Gasteiger partial charge < -0.3 is 15.0 Å². The summed E-state index contributed by atoms with van der Waals surface area (Å²) in [5.41, 5.74) is -0.389. The third kappa shape index (κ3) is 4.22. The largest absolute Gasteiger partial charge is 0.452 e. The number of hydrogen-bond acceptors (Lipinski definition) is 5. The highest BCUT2D eigenvalue weighted by Gasteiger charge is 2.43. The minimum Gasteiger partial charge on any atom is -0.452 e. The SMILES string of the molecule is CC(C#N)(NC(=O)COC(=O)c1ccc(Cl)cc1N1CCCC1=O)C1CC1. The number of hydrogen-bond donors (Lipinski definition) is 1. The first kappa shape index (κ1) is 19.2. The van der Waals surface area contributed by atoms with Crippen LogP contribution in [-0.4, -0.2) is 36.5 Å². The smallest absolute Gasteiger partial charge is 0.340 e. The number of nitriles is 1. The number of halogens is 1. The van der Waals surface area contributed by atoms with Gasteiger partial charge >= 0.3 is 5.97 Å². The molecule has 8 heteroatoms. The van der Waals surface area contributed by atoms with Crippen molar-refractivity contribution in [3.05, 3.63) is 28.8 Å². The standard InChI is InChI=1S/C19H20ClN3O4/c1-19(11-21,12-4-5-12)22-16(24)10-27-18(26)14-7-6-13(20)9-15(14)23-8-2-3-17(23)25/h6-7,9,12H,2-5,8,10H2,1H3,(H,22,24). The number of anilines is 1. The van der Waals surface area contributed by atoms with E-state index in [1.807, 2.05) is 0 Å². The van der Waals surface area contributed by atoms with Gasteiger partial charge in [-0.1, -0.05) is 11.6 Å². The van der Waals surface area contributed by atoms with Gasteiger partial charge in [0.05, 0.1) is 17.3 Å². The average molecular weight is 390 g/mol. The second-order valence-corrected chi connectivity index (χ2v) is 7.46. The van der Waals surface area contributed by atoms with Crippen molar-refractivity contribution in [3.63, 3.8) is 0 Å². The number of benzene rings is 1. The summed E-state index contributed by atoms with van der Waals surface area (Å²) in [5, 5.41) is 12.3. The molecular formula is C19H20ClN3O4. The normalized spacial score (nSPS) is 18.6. The molecule has 1 N–H and O–H groups in total. The molecule has 1 saturated heterocycles. The zero-order chi connectivity index (χ0) is 19.6. The fourth-order valence-electron chi connectivity index (χ4n) is 3.22. The van der Waals surface area contributed by atoms with Crippen LogP contribution >= 0.6 is 11.6 Å². The lowest BCUT2D eigenvalue weighted by Gasteiger charge is -2.23. The highest BCUT2D eigenvalue weighted by Crippen LogP contribution is 2.39. The maximum Gasteiger partial charge on any atom is 0.340 e. The van der Waals surface area contributed by atoms with E-state index < -0.39 is 24.0 Å². The van der Waals surface area contributed by atoms with E-state index in [0.29, 0.717) is 30.1 Å². The Labute approximate surface area is 162 Å². The van der Waals surface area contributed by atoms with Crippen LogP contribution in [0, 0.1) is 17.2 Å². The van der Waals surface area contributed by atoms with Crippen molar-refractivity contribution in [2.24, 2.45) is 5.92 Å². The Bertz CT molecular complexity index is 831. The van der Waals surface area contributed by atoms with Gasteiger partial charge in [0.25, 0.3) is 5.91 Å². The summed E-state index contributed by atoms with van der Waals surface area (Å²) < 4.78 is 5.11. The van der Waals surface area contributed by atoms with E-state index >= 15 is 0 Å². The summed E-state index contributed by atoms with van der Waals surface area (Å²) in [6.07, 6.45) is 2.90. The van der Waals surface area contributed by atoms with E-state index in [4.69, 9.17) is 16.3 Å². The van der Waals surface area contributed by atoms with Crippen molar-refractivity contribution in [1.82, 2.24) is 5.32 Å². The number of nitrogens with one attached hydrogen (secondary N) is 1. The van der Waals surface area contributed by atoms with Crippen LogP contribution < -0.4 is 10.2 Å². The zero-order valence-electron chi connectivity index (χ0n) is 15.0. The molecule has 0 aromatic heterocycles. The molecule has 1 unspecified atom stereocenters. The number of amides is 2. The molecule has 1 heterocycles. The molecule has 7 nitrogen and oxygen atoms in total. The number of carbonyl (C=O) groups excluding carboxylic acids is 3. The van der Waals surface area contributed by atoms with Gasteiger partial charge in [0.15, 0.2) is 6.61 Å². The number of carbonyl (C=O) groups is 3. The van der Waals surface area contributed by atoms with E-state index in [1.165, 1.54) is 17.0 Å². The Morgan fingerprint density at radius 3 is 2.78 bits per heavy atom. The Balaban J connectivity index is 1.67. The summed E-state index contributed by atoms with van der Waals surface area (Å²) in [4.78, 5) is 38.1. The molecule has 1 aliphatic carbocycles. The van der Waals surface area contributed by atoms with E-state index in [1.54, 1.807) is 13.0 Å². The molecule has 0 bridgehead atoms. The molecule has 142 valence electrons. The maximum atomic E-state index is 12.5. The van der Waals surface area contributed by atoms with Crippen molar-refractivity contribution in [2.45, 2.75) is 38.1 Å². The van der Waals surface area contributed by atoms with Crippen molar-refractivity contribution in [1.29, 1.82) is 5.26 Å². The molecule has 0 radical (unpaired) electrons. The molecular weight excluding hydrogens is 370 g/mol. The highest BCUT2D eigenvalue weighted by molar-refractivity contribution is 6.31. The fraction of sp³-hybridized carbons (Fsp3) is 0.474. The molecule has 0 spiro atoms. The van der Waals surface area contributed by atoms with E-state index in [0.717, 1.165) is 12.8 Å². The summed E-state index contributed by atoms with van der Waals surface area (Å²) >= 11 is 6.01. The number of esters is 1. The number of rotatable bonds is 6. The minimum atomic E-state index is -0.948. The van der Waals surface area contributed by atoms with E-state index in [9.17, 15) is 19.6 Å². The second kappa shape index (κ2) is 7.57. The summed E-state index contributed by atoms with van der Waals surface area (Å²) in [6, 6.07) is 6.67. The predicted molar refractivity (Wildman–Crippen MR) is 98.2 cm³/mol. The Morgan fingerprint density at radius 2 is 2.19 bits per heavy atom. The van der Waals surface area contributed by atoms with Crippen molar-refractivity contribution >= 4 is 35.1 Å². The Morgan fingerprint density at radius 1 is 1.44 bits per heavy atom. The second-order valence-electron chi connectivity index (χ2n) is 7.02. The molecule has 3 rings (SSSR count). The van der Waals surface area contributed by atoms with Crippen LogP contribution in [0.1, 0.15) is 43.0 Å². The first-order valence-corrected chi connectivity index (χ1v) is 9.21. The molecule has 1 atom stereocenters. The third-order valence-corrected chi connectivity index (χ3v) is 5.14. The van der Waals surface area contributed by atoms with Crippen LogP contribution in [-0.2, 0) is 14.3 Å². The fourth-order valence-corrected chi connectivity index (χ4v) is 3.39. The number of nitrogens with zero attached hydrogens (tertiary/aromatic N) is 2. The van der Waals surface area contributed by atoms with Gasteiger partial charge in [-0.15, -0.1) is 0 Å². The minimum absolute atomic E-state index is 0.0849. The third-order valence-electron chi connectivity index (χ3n) is 4.90. The van der Waals surface area contributed by atoms with Gasteiger partial charge in [0.1, 0.15) is 5.54 Å². The van der Waals surface area contributed by atoms with Gasteiger partial charge in [0.2, 0.25) is 5.91 Å². The summed E-state index contributed by atoms with van der Waals surface area (Å²) in [5.74, 6) is -1.21. The highest BCUT2D eigenvalue weighted by atomic mass is 35.5. The molecule has 2 aliphatic rings. The quantitative estimate of drug-likeness (QED) is 0.753. The molecule has 1 aliphatic heterocycles. The topological polar surface area (TPSA) is 99.5 Å². The molecule has 1 aromatic carbocycles. The van der Waals surface area contributed by atoms with Crippen LogP contribution in [0.15, 0.2) is 18.2 Å². The van der Waals surface area contributed by atoms with Gasteiger partial charge in [-0.2, -0.15) is 5.26 Å². The van der Waals surface area contributed by atoms with Crippen molar-refractivity contribution in [3.8, 4) is 6.07 Å². The number of ether oxygens (including phenoxy) is 1. The Hall–Kier alpha value is -2.59. The van der Waals surface area contributed by atoms with Gasteiger partial charge in [-0.05, 0) is 50.3 Å². The molecule has 1 saturated carbocycles.